The lowest BCUT2D eigenvalue weighted by Crippen LogP contribution is -2.37. The van der Waals surface area contributed by atoms with Crippen LogP contribution in [0.5, 0.6) is 5.75 Å². The molecule has 0 unspecified atom stereocenters. The lowest BCUT2D eigenvalue weighted by Gasteiger charge is -2.09. The quantitative estimate of drug-likeness (QED) is 0.377. The van der Waals surface area contributed by atoms with Crippen LogP contribution >= 0.6 is 0 Å². The number of ether oxygens (including phenoxy) is 1. The van der Waals surface area contributed by atoms with Gasteiger partial charge in [-0.2, -0.15) is 5.10 Å². The summed E-state index contributed by atoms with van der Waals surface area (Å²) in [5.41, 5.74) is 5.70. The molecule has 29 heavy (non-hydrogen) atoms. The molecule has 0 aromatic heterocycles. The van der Waals surface area contributed by atoms with Crippen LogP contribution in [0.15, 0.2) is 47.6 Å². The number of nitrogens with one attached hydrogen (secondary N) is 3. The molecule has 0 fully saturated rings. The molecule has 8 nitrogen and oxygen atoms in total. The molecule has 0 spiro atoms. The van der Waals surface area contributed by atoms with Crippen molar-refractivity contribution in [2.45, 2.75) is 20.8 Å². The fourth-order valence-corrected chi connectivity index (χ4v) is 2.50. The molecule has 0 bridgehead atoms. The maximum Gasteiger partial charge on any atom is 0.329 e. The minimum Gasteiger partial charge on any atom is -0.484 e. The molecule has 0 aliphatic rings. The van der Waals surface area contributed by atoms with E-state index in [0.29, 0.717) is 17.9 Å². The van der Waals surface area contributed by atoms with E-state index in [4.69, 9.17) is 4.74 Å². The van der Waals surface area contributed by atoms with Gasteiger partial charge in [0.05, 0.1) is 6.21 Å². The van der Waals surface area contributed by atoms with E-state index in [9.17, 15) is 14.4 Å². The highest BCUT2D eigenvalue weighted by atomic mass is 16.5. The topological polar surface area (TPSA) is 109 Å². The van der Waals surface area contributed by atoms with Crippen molar-refractivity contribution in [1.82, 2.24) is 10.7 Å². The number of rotatable bonds is 7. The van der Waals surface area contributed by atoms with Crippen molar-refractivity contribution < 1.29 is 19.1 Å². The molecule has 0 saturated carbocycles. The molecular formula is C21H24N4O4. The number of carbonyl (C=O) groups is 3. The largest absolute Gasteiger partial charge is 0.484 e. The summed E-state index contributed by atoms with van der Waals surface area (Å²) in [4.78, 5) is 34.7. The van der Waals surface area contributed by atoms with Crippen LogP contribution in [0.2, 0.25) is 0 Å². The molecule has 2 rings (SSSR count). The highest BCUT2D eigenvalue weighted by Gasteiger charge is 2.10. The summed E-state index contributed by atoms with van der Waals surface area (Å²) in [7, 11) is 0. The summed E-state index contributed by atoms with van der Waals surface area (Å²) in [5, 5.41) is 8.89. The van der Waals surface area contributed by atoms with Gasteiger partial charge in [-0.05, 0) is 73.9 Å². The lowest BCUT2D eigenvalue weighted by atomic mass is 10.1. The van der Waals surface area contributed by atoms with Crippen molar-refractivity contribution >= 4 is 29.6 Å². The van der Waals surface area contributed by atoms with Crippen molar-refractivity contribution in [2.24, 2.45) is 5.10 Å². The summed E-state index contributed by atoms with van der Waals surface area (Å²) < 4.78 is 5.48. The van der Waals surface area contributed by atoms with Gasteiger partial charge in [0.15, 0.2) is 6.61 Å². The van der Waals surface area contributed by atoms with Gasteiger partial charge < -0.3 is 15.4 Å². The van der Waals surface area contributed by atoms with E-state index in [1.165, 1.54) is 6.21 Å². The number of benzene rings is 2. The Hall–Kier alpha value is -3.68. The van der Waals surface area contributed by atoms with E-state index in [2.05, 4.69) is 21.2 Å². The van der Waals surface area contributed by atoms with Gasteiger partial charge in [0, 0.05) is 12.2 Å². The zero-order valence-corrected chi connectivity index (χ0v) is 16.6. The number of hydrogen-bond acceptors (Lipinski definition) is 5. The Bertz CT molecular complexity index is 887. The summed E-state index contributed by atoms with van der Waals surface area (Å²) in [5.74, 6) is -1.32. The van der Waals surface area contributed by atoms with Gasteiger partial charge in [-0.1, -0.05) is 6.07 Å². The van der Waals surface area contributed by atoms with Crippen LogP contribution < -0.4 is 20.8 Å². The van der Waals surface area contributed by atoms with Crippen LogP contribution in [-0.4, -0.2) is 37.1 Å². The third kappa shape index (κ3) is 7.45. The Morgan fingerprint density at radius 1 is 1.00 bits per heavy atom. The summed E-state index contributed by atoms with van der Waals surface area (Å²) >= 11 is 0. The monoisotopic (exact) mass is 396 g/mol. The van der Waals surface area contributed by atoms with Crippen LogP contribution in [0.1, 0.15) is 23.6 Å². The second-order valence-corrected chi connectivity index (χ2v) is 6.34. The minimum atomic E-state index is -0.835. The number of aryl methyl sites for hydroxylation is 2. The Morgan fingerprint density at radius 2 is 1.66 bits per heavy atom. The second kappa shape index (κ2) is 10.6. The molecular weight excluding hydrogens is 372 g/mol. The van der Waals surface area contributed by atoms with Gasteiger partial charge in [0.1, 0.15) is 5.75 Å². The molecule has 3 amide bonds. The smallest absolute Gasteiger partial charge is 0.329 e. The highest BCUT2D eigenvalue weighted by Crippen LogP contribution is 2.14. The summed E-state index contributed by atoms with van der Waals surface area (Å²) in [6, 6.07) is 12.6. The molecule has 152 valence electrons. The fourth-order valence-electron chi connectivity index (χ4n) is 2.50. The molecule has 2 aromatic carbocycles. The predicted octanol–water partition coefficient (Wildman–Crippen LogP) is 1.91. The number of amides is 3. The number of hydrazone groups is 1. The number of nitrogens with zero attached hydrogens (tertiary/aromatic N) is 1. The minimum absolute atomic E-state index is 0.122. The molecule has 0 radical (unpaired) electrons. The molecule has 3 N–H and O–H groups in total. The van der Waals surface area contributed by atoms with Crippen molar-refractivity contribution in [3.8, 4) is 5.75 Å². The van der Waals surface area contributed by atoms with Crippen LogP contribution in [0.25, 0.3) is 0 Å². The molecule has 0 atom stereocenters. The van der Waals surface area contributed by atoms with Crippen LogP contribution in [0.3, 0.4) is 0 Å². The zero-order chi connectivity index (χ0) is 21.2. The van der Waals surface area contributed by atoms with E-state index in [-0.39, 0.29) is 12.5 Å². The van der Waals surface area contributed by atoms with Crippen LogP contribution in [-0.2, 0) is 14.4 Å². The highest BCUT2D eigenvalue weighted by molar-refractivity contribution is 6.35. The van der Waals surface area contributed by atoms with Crippen molar-refractivity contribution in [1.29, 1.82) is 0 Å². The van der Waals surface area contributed by atoms with E-state index >= 15 is 0 Å². The van der Waals surface area contributed by atoms with Gasteiger partial charge in [0.2, 0.25) is 0 Å². The average Bonchev–Trinajstić information content (AvgIpc) is 2.66. The third-order valence-corrected chi connectivity index (χ3v) is 3.68. The van der Waals surface area contributed by atoms with Gasteiger partial charge in [-0.3, -0.25) is 14.4 Å². The van der Waals surface area contributed by atoms with E-state index in [0.717, 1.165) is 16.8 Å². The molecule has 0 saturated heterocycles. The van der Waals surface area contributed by atoms with Crippen LogP contribution in [0.4, 0.5) is 5.69 Å². The Morgan fingerprint density at radius 3 is 2.28 bits per heavy atom. The summed E-state index contributed by atoms with van der Waals surface area (Å²) in [6.07, 6.45) is 1.40. The van der Waals surface area contributed by atoms with Gasteiger partial charge in [0.25, 0.3) is 5.91 Å². The molecule has 8 heteroatoms. The zero-order valence-electron chi connectivity index (χ0n) is 16.6. The van der Waals surface area contributed by atoms with Gasteiger partial charge >= 0.3 is 11.8 Å². The van der Waals surface area contributed by atoms with E-state index < -0.39 is 11.8 Å². The maximum absolute atomic E-state index is 12.1. The number of anilines is 1. The third-order valence-electron chi connectivity index (χ3n) is 3.68. The normalized spacial score (nSPS) is 10.4. The number of carbonyl (C=O) groups excluding carboxylic acids is 3. The van der Waals surface area contributed by atoms with Crippen molar-refractivity contribution in [3.63, 3.8) is 0 Å². The summed E-state index contributed by atoms with van der Waals surface area (Å²) in [6.45, 7) is 5.89. The first kappa shape index (κ1) is 21.6. The molecule has 2 aromatic rings. The predicted molar refractivity (Wildman–Crippen MR) is 111 cm³/mol. The molecule has 0 aliphatic heterocycles. The molecule has 0 aliphatic carbocycles. The van der Waals surface area contributed by atoms with Crippen LogP contribution in [0, 0.1) is 13.8 Å². The molecule has 0 heterocycles. The SMILES string of the molecule is CCNC(=O)C(=O)NN=Cc1ccc(OCC(=O)Nc2cc(C)cc(C)c2)cc1. The fraction of sp³-hybridized carbons (Fsp3) is 0.238. The van der Waals surface area contributed by atoms with Crippen molar-refractivity contribution in [3.05, 3.63) is 59.2 Å². The number of hydrogen-bond donors (Lipinski definition) is 3. The number of likely N-dealkylation sites (N-methyl/N-ethyl adjacent to an activating group) is 1. The van der Waals surface area contributed by atoms with Crippen molar-refractivity contribution in [2.75, 3.05) is 18.5 Å². The Labute approximate surface area is 169 Å². The van der Waals surface area contributed by atoms with E-state index in [1.54, 1.807) is 31.2 Å². The Balaban J connectivity index is 1.81. The van der Waals surface area contributed by atoms with Gasteiger partial charge in [-0.15, -0.1) is 0 Å². The van der Waals surface area contributed by atoms with E-state index in [1.807, 2.05) is 32.0 Å². The first-order valence-electron chi connectivity index (χ1n) is 9.09. The average molecular weight is 396 g/mol. The first-order valence-corrected chi connectivity index (χ1v) is 9.09. The van der Waals surface area contributed by atoms with Gasteiger partial charge in [-0.25, -0.2) is 5.43 Å². The Kier molecular flexibility index (Phi) is 7.90. The maximum atomic E-state index is 12.1. The standard InChI is InChI=1S/C21H24N4O4/c1-4-22-20(27)21(28)25-23-12-16-5-7-18(8-6-16)29-13-19(26)24-17-10-14(2)9-15(3)11-17/h5-12H,4,13H2,1-3H3,(H,22,27)(H,24,26)(H,25,28). The first-order chi connectivity index (χ1) is 13.9. The second-order valence-electron chi connectivity index (χ2n) is 6.34. The lowest BCUT2D eigenvalue weighted by molar-refractivity contribution is -0.139.